The number of aromatic nitrogens is 2. The van der Waals surface area contributed by atoms with Crippen molar-refractivity contribution in [2.24, 2.45) is 7.05 Å². The number of nitrogens with zero attached hydrogens (tertiary/aromatic N) is 2. The highest BCUT2D eigenvalue weighted by Crippen LogP contribution is 2.37. The average molecular weight is 809 g/mol. The van der Waals surface area contributed by atoms with Gasteiger partial charge >= 0.3 is 6.18 Å². The molecule has 3 N–H and O–H groups in total. The smallest absolute Gasteiger partial charge is 0.435 e. The van der Waals surface area contributed by atoms with E-state index in [9.17, 15) is 36.3 Å². The second-order valence-corrected chi connectivity index (χ2v) is 15.8. The number of ketones is 1. The Kier molecular flexibility index (Phi) is 11.5. The van der Waals surface area contributed by atoms with Gasteiger partial charge in [0.25, 0.3) is 15.9 Å². The standard InChI is InChI=1S/C39H32ClF3N4O6S2/c1-23(48)37(49)31(20-24-12-14-25(15-13-24)28-10-6-7-11-33(28)53-27-8-4-3-5-9-27)44-38(50)29-21-26(40)16-17-30(29)46-55(51,52)36-19-18-34(54-36)32-22-35(39(41,42)43)45-47(32)2/h3-19,21-23,31,46,48H,20H2,1-2H3,(H,44,50)/t23?,31-/m0/s1. The fourth-order valence-electron chi connectivity index (χ4n) is 5.64. The number of carbonyl (C=O) groups is 2. The van der Waals surface area contributed by atoms with Crippen LogP contribution in [0.3, 0.4) is 0 Å². The van der Waals surface area contributed by atoms with Gasteiger partial charge in [-0.25, -0.2) is 8.42 Å². The van der Waals surface area contributed by atoms with Gasteiger partial charge in [0.1, 0.15) is 21.8 Å². The monoisotopic (exact) mass is 808 g/mol. The number of thiophene rings is 1. The molecule has 0 aliphatic carbocycles. The van der Waals surface area contributed by atoms with Crippen molar-refractivity contribution in [3.8, 4) is 33.2 Å². The fraction of sp³-hybridized carbons (Fsp3) is 0.154. The predicted octanol–water partition coefficient (Wildman–Crippen LogP) is 8.37. The van der Waals surface area contributed by atoms with Gasteiger partial charge in [-0.15, -0.1) is 11.3 Å². The summed E-state index contributed by atoms with van der Waals surface area (Å²) in [6, 6.07) is 30.1. The van der Waals surface area contributed by atoms with E-state index in [1.54, 1.807) is 12.1 Å². The first-order chi connectivity index (χ1) is 26.1. The molecule has 6 aromatic rings. The zero-order valence-electron chi connectivity index (χ0n) is 29.0. The van der Waals surface area contributed by atoms with Gasteiger partial charge in [0.05, 0.1) is 27.9 Å². The zero-order chi connectivity index (χ0) is 39.5. The van der Waals surface area contributed by atoms with E-state index in [1.165, 1.54) is 44.3 Å². The van der Waals surface area contributed by atoms with Gasteiger partial charge in [-0.3, -0.25) is 19.0 Å². The summed E-state index contributed by atoms with van der Waals surface area (Å²) in [7, 11) is -3.07. The molecule has 0 saturated heterocycles. The molecule has 0 spiro atoms. The number of aliphatic hydroxyl groups excluding tert-OH is 1. The lowest BCUT2D eigenvalue weighted by Crippen LogP contribution is -2.46. The second kappa shape index (κ2) is 16.1. The number of carbonyl (C=O) groups excluding carboxylic acids is 2. The molecule has 1 unspecified atom stereocenters. The second-order valence-electron chi connectivity index (χ2n) is 12.4. The number of anilines is 1. The number of halogens is 4. The number of aryl methyl sites for hydroxylation is 1. The topological polar surface area (TPSA) is 140 Å². The number of amides is 1. The van der Waals surface area contributed by atoms with Crippen LogP contribution in [0.5, 0.6) is 11.5 Å². The minimum absolute atomic E-state index is 0.0123. The van der Waals surface area contributed by atoms with Crippen LogP contribution in [-0.2, 0) is 34.5 Å². The van der Waals surface area contributed by atoms with Gasteiger partial charge in [-0.05, 0) is 79.1 Å². The lowest BCUT2D eigenvalue weighted by atomic mass is 9.96. The maximum absolute atomic E-state index is 13.8. The molecule has 0 bridgehead atoms. The first kappa shape index (κ1) is 39.2. The lowest BCUT2D eigenvalue weighted by molar-refractivity contribution is -0.141. The molecule has 0 aliphatic heterocycles. The first-order valence-corrected chi connectivity index (χ1v) is 19.2. The molecule has 2 heterocycles. The van der Waals surface area contributed by atoms with Crippen molar-refractivity contribution in [2.75, 3.05) is 4.72 Å². The summed E-state index contributed by atoms with van der Waals surface area (Å²) >= 11 is 6.91. The van der Waals surface area contributed by atoms with Crippen LogP contribution in [-0.4, -0.2) is 47.1 Å². The Morgan fingerprint density at radius 1 is 0.945 bits per heavy atom. The largest absolute Gasteiger partial charge is 0.457 e. The number of Topliss-reactive ketones (excluding diaryl/α,β-unsaturated/α-hetero) is 1. The molecular weight excluding hydrogens is 777 g/mol. The van der Waals surface area contributed by atoms with Gasteiger partial charge < -0.3 is 15.2 Å². The summed E-state index contributed by atoms with van der Waals surface area (Å²) in [5.41, 5.74) is 0.834. The molecule has 0 aliphatic rings. The molecule has 2 atom stereocenters. The molecule has 55 heavy (non-hydrogen) atoms. The van der Waals surface area contributed by atoms with Gasteiger partial charge in [-0.2, -0.15) is 18.3 Å². The number of para-hydroxylation sites is 2. The third kappa shape index (κ3) is 9.25. The van der Waals surface area contributed by atoms with E-state index in [4.69, 9.17) is 16.3 Å². The minimum Gasteiger partial charge on any atom is -0.457 e. The molecule has 0 radical (unpaired) electrons. The maximum atomic E-state index is 13.8. The Balaban J connectivity index is 1.21. The highest BCUT2D eigenvalue weighted by molar-refractivity contribution is 7.94. The highest BCUT2D eigenvalue weighted by Gasteiger charge is 2.35. The van der Waals surface area contributed by atoms with E-state index >= 15 is 0 Å². The van der Waals surface area contributed by atoms with E-state index in [-0.39, 0.29) is 37.5 Å². The molecule has 10 nitrogen and oxygen atoms in total. The molecule has 4 aromatic carbocycles. The molecule has 284 valence electrons. The van der Waals surface area contributed by atoms with Crippen molar-refractivity contribution in [3.05, 3.63) is 137 Å². The summed E-state index contributed by atoms with van der Waals surface area (Å²) in [5, 5.41) is 16.4. The summed E-state index contributed by atoms with van der Waals surface area (Å²) in [6.07, 6.45) is -6.14. The van der Waals surface area contributed by atoms with Gasteiger partial charge in [0.15, 0.2) is 11.5 Å². The molecule has 6 rings (SSSR count). The Morgan fingerprint density at radius 3 is 2.31 bits per heavy atom. The number of alkyl halides is 3. The highest BCUT2D eigenvalue weighted by atomic mass is 35.5. The van der Waals surface area contributed by atoms with Crippen molar-refractivity contribution in [1.82, 2.24) is 15.1 Å². The first-order valence-electron chi connectivity index (χ1n) is 16.6. The van der Waals surface area contributed by atoms with Gasteiger partial charge in [0.2, 0.25) is 0 Å². The van der Waals surface area contributed by atoms with Crippen LogP contribution in [0.15, 0.2) is 119 Å². The summed E-state index contributed by atoms with van der Waals surface area (Å²) in [6.45, 7) is 1.28. The van der Waals surface area contributed by atoms with Crippen molar-refractivity contribution in [1.29, 1.82) is 0 Å². The Labute approximate surface area is 323 Å². The normalized spacial score (nSPS) is 12.9. The number of sulfonamides is 1. The van der Waals surface area contributed by atoms with Gasteiger partial charge in [0, 0.05) is 17.6 Å². The van der Waals surface area contributed by atoms with E-state index in [1.807, 2.05) is 66.7 Å². The summed E-state index contributed by atoms with van der Waals surface area (Å²) in [4.78, 5) is 27.2. The van der Waals surface area contributed by atoms with Crippen molar-refractivity contribution in [3.63, 3.8) is 0 Å². The molecular formula is C39H32ClF3N4O6S2. The zero-order valence-corrected chi connectivity index (χ0v) is 31.4. The maximum Gasteiger partial charge on any atom is 0.435 e. The fourth-order valence-corrected chi connectivity index (χ4v) is 8.25. The number of hydrogen-bond acceptors (Lipinski definition) is 8. The van der Waals surface area contributed by atoms with E-state index in [0.717, 1.165) is 21.9 Å². The SMILES string of the molecule is CC(O)C(=O)[C@H](Cc1ccc(-c2ccccc2Oc2ccccc2)cc1)NC(=O)c1cc(Cl)ccc1NS(=O)(=O)c1ccc(-c2cc(C(F)(F)F)nn2C)s1. The predicted molar refractivity (Wildman–Crippen MR) is 204 cm³/mol. The quantitative estimate of drug-likeness (QED) is 0.107. The average Bonchev–Trinajstić information content (AvgIpc) is 3.80. The number of hydrogen-bond donors (Lipinski definition) is 3. The minimum atomic E-state index is -4.69. The molecule has 16 heteroatoms. The number of rotatable bonds is 13. The third-order valence-electron chi connectivity index (χ3n) is 8.36. The summed E-state index contributed by atoms with van der Waals surface area (Å²) < 4.78 is 75.9. The van der Waals surface area contributed by atoms with Crippen LogP contribution in [0.25, 0.3) is 21.7 Å². The number of aliphatic hydroxyl groups is 1. The van der Waals surface area contributed by atoms with Crippen LogP contribution >= 0.6 is 22.9 Å². The Morgan fingerprint density at radius 2 is 1.64 bits per heavy atom. The van der Waals surface area contributed by atoms with Crippen molar-refractivity contribution < 1.29 is 41.0 Å². The lowest BCUT2D eigenvalue weighted by Gasteiger charge is -2.21. The number of ether oxygens (including phenoxy) is 1. The van der Waals surface area contributed by atoms with Crippen LogP contribution in [0.4, 0.5) is 18.9 Å². The molecule has 1 amide bonds. The van der Waals surface area contributed by atoms with Crippen LogP contribution < -0.4 is 14.8 Å². The molecule has 2 aromatic heterocycles. The summed E-state index contributed by atoms with van der Waals surface area (Å²) in [5.74, 6) is -0.233. The van der Waals surface area contributed by atoms with Gasteiger partial charge in [-0.1, -0.05) is 72.3 Å². The third-order valence-corrected chi connectivity index (χ3v) is 11.6. The van der Waals surface area contributed by atoms with Crippen molar-refractivity contribution >= 4 is 50.3 Å². The number of nitrogens with one attached hydrogen (secondary N) is 2. The number of benzene rings is 4. The van der Waals surface area contributed by atoms with E-state index in [0.29, 0.717) is 28.4 Å². The molecule has 0 saturated carbocycles. The van der Waals surface area contributed by atoms with E-state index < -0.39 is 45.7 Å². The van der Waals surface area contributed by atoms with Crippen LogP contribution in [0.1, 0.15) is 28.5 Å². The van der Waals surface area contributed by atoms with E-state index in [2.05, 4.69) is 15.1 Å². The molecule has 0 fully saturated rings. The van der Waals surface area contributed by atoms with Crippen LogP contribution in [0, 0.1) is 0 Å². The van der Waals surface area contributed by atoms with Crippen molar-refractivity contribution in [2.45, 2.75) is 35.9 Å². The van der Waals surface area contributed by atoms with Crippen LogP contribution in [0.2, 0.25) is 5.02 Å². The Bertz CT molecular complexity index is 2450. The Hall–Kier alpha value is -5.48.